The van der Waals surface area contributed by atoms with Crippen molar-refractivity contribution in [3.05, 3.63) is 30.3 Å². The summed E-state index contributed by atoms with van der Waals surface area (Å²) in [6.45, 7) is 4.54. The Morgan fingerprint density at radius 2 is 1.67 bits per heavy atom. The lowest BCUT2D eigenvalue weighted by molar-refractivity contribution is 0.156. The van der Waals surface area contributed by atoms with E-state index in [-0.39, 0.29) is 4.90 Å². The summed E-state index contributed by atoms with van der Waals surface area (Å²) in [6, 6.07) is 8.18. The van der Waals surface area contributed by atoms with E-state index >= 15 is 0 Å². The molecule has 1 atom stereocenters. The van der Waals surface area contributed by atoms with Gasteiger partial charge in [-0.25, -0.2) is 8.42 Å². The van der Waals surface area contributed by atoms with E-state index in [1.807, 2.05) is 0 Å². The molecule has 4 heteroatoms. The molecule has 0 saturated carbocycles. The van der Waals surface area contributed by atoms with E-state index in [4.69, 9.17) is 0 Å². The van der Waals surface area contributed by atoms with Crippen LogP contribution in [0.4, 0.5) is 0 Å². The summed E-state index contributed by atoms with van der Waals surface area (Å²) >= 11 is 0. The molecular formula is C11H16O3S. The van der Waals surface area contributed by atoms with E-state index in [2.05, 4.69) is 0 Å². The number of hydrogen-bond donors (Lipinski definition) is 1. The molecule has 1 aromatic carbocycles. The van der Waals surface area contributed by atoms with E-state index in [9.17, 15) is 13.5 Å². The minimum absolute atomic E-state index is 0.246. The molecule has 0 aliphatic rings. The lowest BCUT2D eigenvalue weighted by Crippen LogP contribution is -2.42. The van der Waals surface area contributed by atoms with Gasteiger partial charge in [-0.05, 0) is 32.9 Å². The van der Waals surface area contributed by atoms with Gasteiger partial charge in [-0.15, -0.1) is 0 Å². The second kappa shape index (κ2) is 3.94. The van der Waals surface area contributed by atoms with Crippen molar-refractivity contribution in [3.63, 3.8) is 0 Å². The Morgan fingerprint density at radius 3 is 2.07 bits per heavy atom. The maximum absolute atomic E-state index is 12.1. The van der Waals surface area contributed by atoms with Gasteiger partial charge in [0.1, 0.15) is 0 Å². The Bertz CT molecular complexity index is 418. The Kier molecular flexibility index (Phi) is 3.21. The first-order valence-corrected chi connectivity index (χ1v) is 6.26. The van der Waals surface area contributed by atoms with Crippen LogP contribution in [-0.2, 0) is 9.84 Å². The van der Waals surface area contributed by atoms with Crippen molar-refractivity contribution in [2.75, 3.05) is 0 Å². The normalized spacial score (nSPS) is 14.9. The van der Waals surface area contributed by atoms with Gasteiger partial charge >= 0.3 is 0 Å². The van der Waals surface area contributed by atoms with E-state index in [1.54, 1.807) is 30.3 Å². The third-order valence-corrected chi connectivity index (χ3v) is 5.37. The molecule has 1 rings (SSSR count). The average molecular weight is 228 g/mol. The SMILES string of the molecule is CC(O)C(C)(C)S(=O)(=O)c1ccccc1. The highest BCUT2D eigenvalue weighted by Crippen LogP contribution is 2.27. The van der Waals surface area contributed by atoms with Crippen molar-refractivity contribution in [3.8, 4) is 0 Å². The maximum atomic E-state index is 12.1. The molecule has 0 fully saturated rings. The van der Waals surface area contributed by atoms with Crippen LogP contribution in [0.1, 0.15) is 20.8 Å². The molecule has 0 saturated heterocycles. The first-order valence-electron chi connectivity index (χ1n) is 4.78. The topological polar surface area (TPSA) is 54.4 Å². The van der Waals surface area contributed by atoms with Gasteiger partial charge in [0.05, 0.1) is 15.7 Å². The standard InChI is InChI=1S/C11H16O3S/c1-9(12)11(2,3)15(13,14)10-7-5-4-6-8-10/h4-9,12H,1-3H3. The molecule has 3 nitrogen and oxygen atoms in total. The predicted molar refractivity (Wildman–Crippen MR) is 59.4 cm³/mol. The Morgan fingerprint density at radius 1 is 1.20 bits per heavy atom. The van der Waals surface area contributed by atoms with Crippen molar-refractivity contribution in [2.45, 2.75) is 36.5 Å². The molecule has 1 N–H and O–H groups in total. The maximum Gasteiger partial charge on any atom is 0.186 e. The largest absolute Gasteiger partial charge is 0.392 e. The molecule has 0 aromatic heterocycles. The smallest absolute Gasteiger partial charge is 0.186 e. The quantitative estimate of drug-likeness (QED) is 0.855. The lowest BCUT2D eigenvalue weighted by atomic mass is 10.1. The summed E-state index contributed by atoms with van der Waals surface area (Å²) in [5, 5.41) is 9.50. The van der Waals surface area contributed by atoms with E-state index in [0.717, 1.165) is 0 Å². The highest BCUT2D eigenvalue weighted by molar-refractivity contribution is 7.92. The summed E-state index contributed by atoms with van der Waals surface area (Å²) in [5.74, 6) is 0. The van der Waals surface area contributed by atoms with Crippen molar-refractivity contribution in [1.82, 2.24) is 0 Å². The van der Waals surface area contributed by atoms with Crippen LogP contribution in [-0.4, -0.2) is 24.4 Å². The van der Waals surface area contributed by atoms with Gasteiger partial charge in [0, 0.05) is 0 Å². The molecule has 0 spiro atoms. The van der Waals surface area contributed by atoms with Crippen LogP contribution >= 0.6 is 0 Å². The van der Waals surface area contributed by atoms with Gasteiger partial charge in [-0.2, -0.15) is 0 Å². The van der Waals surface area contributed by atoms with Crippen molar-refractivity contribution >= 4 is 9.84 Å². The zero-order valence-electron chi connectivity index (χ0n) is 9.14. The zero-order chi connectivity index (χ0) is 11.7. The lowest BCUT2D eigenvalue weighted by Gasteiger charge is -2.27. The Balaban J connectivity index is 3.27. The Labute approximate surface area is 90.7 Å². The number of benzene rings is 1. The highest BCUT2D eigenvalue weighted by atomic mass is 32.2. The van der Waals surface area contributed by atoms with Crippen LogP contribution in [0.5, 0.6) is 0 Å². The second-order valence-corrected chi connectivity index (χ2v) is 6.63. The molecule has 0 radical (unpaired) electrons. The summed E-state index contributed by atoms with van der Waals surface area (Å²) in [7, 11) is -3.49. The molecule has 0 bridgehead atoms. The fourth-order valence-corrected chi connectivity index (χ4v) is 2.70. The summed E-state index contributed by atoms with van der Waals surface area (Å²) < 4.78 is 23.1. The fourth-order valence-electron chi connectivity index (χ4n) is 1.13. The van der Waals surface area contributed by atoms with Crippen LogP contribution < -0.4 is 0 Å². The predicted octanol–water partition coefficient (Wildman–Crippen LogP) is 1.62. The minimum Gasteiger partial charge on any atom is -0.392 e. The molecule has 1 aromatic rings. The van der Waals surface area contributed by atoms with Gasteiger partial charge in [0.25, 0.3) is 0 Å². The van der Waals surface area contributed by atoms with Gasteiger partial charge in [0.2, 0.25) is 0 Å². The zero-order valence-corrected chi connectivity index (χ0v) is 9.95. The number of sulfone groups is 1. The summed E-state index contributed by atoms with van der Waals surface area (Å²) in [6.07, 6.45) is -0.914. The third-order valence-electron chi connectivity index (χ3n) is 2.75. The summed E-state index contributed by atoms with van der Waals surface area (Å²) in [5.41, 5.74) is 0. The van der Waals surface area contributed by atoms with Crippen LogP contribution in [0.2, 0.25) is 0 Å². The van der Waals surface area contributed by atoms with Crippen LogP contribution in [0, 0.1) is 0 Å². The molecule has 84 valence electrons. The molecule has 0 aliphatic heterocycles. The number of aliphatic hydroxyl groups is 1. The number of hydrogen-bond acceptors (Lipinski definition) is 3. The van der Waals surface area contributed by atoms with Crippen LogP contribution in [0.15, 0.2) is 35.2 Å². The average Bonchev–Trinajstić information content (AvgIpc) is 2.18. The number of rotatable bonds is 3. The molecule has 1 unspecified atom stereocenters. The van der Waals surface area contributed by atoms with Crippen molar-refractivity contribution in [1.29, 1.82) is 0 Å². The van der Waals surface area contributed by atoms with Gasteiger partial charge in [0.15, 0.2) is 9.84 Å². The first-order chi connectivity index (χ1) is 6.80. The molecular weight excluding hydrogens is 212 g/mol. The molecule has 0 heterocycles. The minimum atomic E-state index is -3.49. The van der Waals surface area contributed by atoms with Crippen molar-refractivity contribution < 1.29 is 13.5 Å². The van der Waals surface area contributed by atoms with E-state index in [0.29, 0.717) is 0 Å². The van der Waals surface area contributed by atoms with Crippen LogP contribution in [0.3, 0.4) is 0 Å². The van der Waals surface area contributed by atoms with E-state index in [1.165, 1.54) is 20.8 Å². The van der Waals surface area contributed by atoms with Gasteiger partial charge < -0.3 is 5.11 Å². The highest BCUT2D eigenvalue weighted by Gasteiger charge is 2.39. The van der Waals surface area contributed by atoms with Gasteiger partial charge in [-0.3, -0.25) is 0 Å². The first kappa shape index (κ1) is 12.2. The van der Waals surface area contributed by atoms with Crippen molar-refractivity contribution in [2.24, 2.45) is 0 Å². The summed E-state index contributed by atoms with van der Waals surface area (Å²) in [4.78, 5) is 0.246. The molecule has 0 amide bonds. The van der Waals surface area contributed by atoms with Gasteiger partial charge in [-0.1, -0.05) is 18.2 Å². The van der Waals surface area contributed by atoms with Crippen LogP contribution in [0.25, 0.3) is 0 Å². The molecule has 15 heavy (non-hydrogen) atoms. The fraction of sp³-hybridized carbons (Fsp3) is 0.455. The Hall–Kier alpha value is -0.870. The van der Waals surface area contributed by atoms with E-state index < -0.39 is 20.7 Å². The second-order valence-electron chi connectivity index (χ2n) is 4.10. The third kappa shape index (κ3) is 2.06. The number of aliphatic hydroxyl groups excluding tert-OH is 1. The monoisotopic (exact) mass is 228 g/mol. The molecule has 0 aliphatic carbocycles.